The summed E-state index contributed by atoms with van der Waals surface area (Å²) in [6.07, 6.45) is 11.3. The maximum atomic E-state index is 11.2. The van der Waals surface area contributed by atoms with Gasteiger partial charge >= 0.3 is 5.97 Å². The molecule has 0 aliphatic heterocycles. The molecule has 0 amide bonds. The number of hydrogen-bond acceptors (Lipinski definition) is 2. The smallest absolute Gasteiger partial charge is 0.333 e. The van der Waals surface area contributed by atoms with Crippen molar-refractivity contribution >= 4 is 5.97 Å². The summed E-state index contributed by atoms with van der Waals surface area (Å²) in [5, 5.41) is 0. The fraction of sp³-hybridized carbons (Fsp3) is 0.688. The number of methoxy groups -OCH3 is 1. The summed E-state index contributed by atoms with van der Waals surface area (Å²) in [6.45, 7) is 8.18. The minimum absolute atomic E-state index is 0.285. The van der Waals surface area contributed by atoms with E-state index < -0.39 is 0 Å². The van der Waals surface area contributed by atoms with Crippen LogP contribution in [-0.4, -0.2) is 13.1 Å². The van der Waals surface area contributed by atoms with Crippen molar-refractivity contribution < 1.29 is 9.53 Å². The molecule has 2 heteroatoms. The minimum atomic E-state index is -0.285. The topological polar surface area (TPSA) is 26.3 Å². The van der Waals surface area contributed by atoms with Gasteiger partial charge in [0.05, 0.1) is 7.11 Å². The van der Waals surface area contributed by atoms with Crippen molar-refractivity contribution in [1.82, 2.24) is 0 Å². The molecule has 0 N–H and O–H groups in total. The number of unbranched alkanes of at least 4 members (excludes halogenated alkanes) is 2. The van der Waals surface area contributed by atoms with E-state index in [4.69, 9.17) is 0 Å². The first kappa shape index (κ1) is 16.9. The first-order valence-electron chi connectivity index (χ1n) is 7.09. The molecule has 0 bridgehead atoms. The van der Waals surface area contributed by atoms with Gasteiger partial charge in [0, 0.05) is 5.57 Å². The highest BCUT2D eigenvalue weighted by Crippen LogP contribution is 2.17. The van der Waals surface area contributed by atoms with Gasteiger partial charge < -0.3 is 4.74 Å². The molecular formula is C16H28O2. The molecule has 104 valence electrons. The molecule has 0 heterocycles. The third-order valence-electron chi connectivity index (χ3n) is 3.06. The van der Waals surface area contributed by atoms with Crippen molar-refractivity contribution in [2.75, 3.05) is 7.11 Å². The van der Waals surface area contributed by atoms with Gasteiger partial charge in [-0.15, -0.1) is 0 Å². The molecular weight excluding hydrogens is 224 g/mol. The standard InChI is InChI=1S/C16H28O2/c1-5-7-11-15(12-8-6-2)13-9-10-14(3)16(17)18-4/h13H,3,5-12H2,1-2,4H3. The maximum absolute atomic E-state index is 11.2. The number of carbonyl (C=O) groups excluding carboxylic acids is 1. The number of ether oxygens (including phenoxy) is 1. The van der Waals surface area contributed by atoms with Gasteiger partial charge in [0.15, 0.2) is 0 Å². The summed E-state index contributed by atoms with van der Waals surface area (Å²) in [6, 6.07) is 0. The molecule has 0 aliphatic carbocycles. The zero-order valence-electron chi connectivity index (χ0n) is 12.3. The molecule has 2 nitrogen and oxygen atoms in total. The van der Waals surface area contributed by atoms with E-state index in [9.17, 15) is 4.79 Å². The van der Waals surface area contributed by atoms with Crippen molar-refractivity contribution in [1.29, 1.82) is 0 Å². The van der Waals surface area contributed by atoms with Crippen LogP contribution >= 0.6 is 0 Å². The van der Waals surface area contributed by atoms with Crippen molar-refractivity contribution in [3.63, 3.8) is 0 Å². The van der Waals surface area contributed by atoms with Crippen LogP contribution in [0.25, 0.3) is 0 Å². The Kier molecular flexibility index (Phi) is 10.4. The van der Waals surface area contributed by atoms with Gasteiger partial charge in [-0.1, -0.05) is 44.9 Å². The molecule has 0 saturated heterocycles. The zero-order valence-corrected chi connectivity index (χ0v) is 12.3. The Hall–Kier alpha value is -1.05. The van der Waals surface area contributed by atoms with Crippen LogP contribution < -0.4 is 0 Å². The zero-order chi connectivity index (χ0) is 13.8. The average Bonchev–Trinajstić information content (AvgIpc) is 2.39. The molecule has 0 unspecified atom stereocenters. The molecule has 0 aromatic rings. The van der Waals surface area contributed by atoms with E-state index in [1.807, 2.05) is 0 Å². The lowest BCUT2D eigenvalue weighted by Crippen LogP contribution is -2.03. The lowest BCUT2D eigenvalue weighted by molar-refractivity contribution is -0.136. The molecule has 0 aliphatic rings. The number of hydrogen-bond donors (Lipinski definition) is 0. The van der Waals surface area contributed by atoms with Gasteiger partial charge in [-0.05, 0) is 38.5 Å². The molecule has 0 spiro atoms. The number of carbonyl (C=O) groups is 1. The number of allylic oxidation sites excluding steroid dienone is 2. The molecule has 0 fully saturated rings. The monoisotopic (exact) mass is 252 g/mol. The van der Waals surface area contributed by atoms with Crippen LogP contribution in [0.2, 0.25) is 0 Å². The van der Waals surface area contributed by atoms with Crippen LogP contribution in [-0.2, 0) is 9.53 Å². The Balaban J connectivity index is 4.12. The van der Waals surface area contributed by atoms with Gasteiger partial charge in [-0.3, -0.25) is 0 Å². The van der Waals surface area contributed by atoms with E-state index in [1.165, 1.54) is 51.2 Å². The van der Waals surface area contributed by atoms with Crippen LogP contribution in [0.15, 0.2) is 23.8 Å². The van der Waals surface area contributed by atoms with E-state index in [-0.39, 0.29) is 5.97 Å². The predicted molar refractivity (Wildman–Crippen MR) is 77.5 cm³/mol. The summed E-state index contributed by atoms with van der Waals surface area (Å²) in [5.74, 6) is -0.285. The Morgan fingerprint density at radius 3 is 2.11 bits per heavy atom. The summed E-state index contributed by atoms with van der Waals surface area (Å²) >= 11 is 0. The van der Waals surface area contributed by atoms with Gasteiger partial charge in [0.2, 0.25) is 0 Å². The van der Waals surface area contributed by atoms with Crippen LogP contribution in [0.3, 0.4) is 0 Å². The molecule has 0 atom stereocenters. The second-order valence-corrected chi connectivity index (χ2v) is 4.70. The molecule has 0 aromatic heterocycles. The lowest BCUT2D eigenvalue weighted by atomic mass is 10.0. The van der Waals surface area contributed by atoms with Crippen molar-refractivity contribution in [2.24, 2.45) is 0 Å². The second-order valence-electron chi connectivity index (χ2n) is 4.70. The Morgan fingerprint density at radius 2 is 1.67 bits per heavy atom. The van der Waals surface area contributed by atoms with Crippen LogP contribution in [0.5, 0.6) is 0 Å². The first-order chi connectivity index (χ1) is 8.65. The normalized spacial score (nSPS) is 9.94. The second kappa shape index (κ2) is 11.1. The van der Waals surface area contributed by atoms with E-state index in [0.29, 0.717) is 12.0 Å². The van der Waals surface area contributed by atoms with E-state index in [2.05, 4.69) is 31.2 Å². The Labute approximate surface area is 112 Å². The average molecular weight is 252 g/mol. The largest absolute Gasteiger partial charge is 0.466 e. The van der Waals surface area contributed by atoms with E-state index in [0.717, 1.165) is 6.42 Å². The quantitative estimate of drug-likeness (QED) is 0.317. The third-order valence-corrected chi connectivity index (χ3v) is 3.06. The molecule has 0 radical (unpaired) electrons. The van der Waals surface area contributed by atoms with Gasteiger partial charge in [-0.2, -0.15) is 0 Å². The highest BCUT2D eigenvalue weighted by Gasteiger charge is 2.05. The summed E-state index contributed by atoms with van der Waals surface area (Å²) < 4.78 is 4.64. The number of esters is 1. The first-order valence-corrected chi connectivity index (χ1v) is 7.09. The summed E-state index contributed by atoms with van der Waals surface area (Å²) in [5.41, 5.74) is 2.11. The molecule has 0 rings (SSSR count). The number of rotatable bonds is 10. The van der Waals surface area contributed by atoms with Crippen molar-refractivity contribution in [3.8, 4) is 0 Å². The SMILES string of the molecule is C=C(CCC=C(CCCC)CCCC)C(=O)OC. The highest BCUT2D eigenvalue weighted by atomic mass is 16.5. The Morgan fingerprint density at radius 1 is 1.11 bits per heavy atom. The molecule has 18 heavy (non-hydrogen) atoms. The third kappa shape index (κ3) is 8.10. The fourth-order valence-electron chi connectivity index (χ4n) is 1.83. The molecule has 0 saturated carbocycles. The maximum Gasteiger partial charge on any atom is 0.333 e. The van der Waals surface area contributed by atoms with Crippen LogP contribution in [0.1, 0.15) is 65.2 Å². The van der Waals surface area contributed by atoms with Gasteiger partial charge in [-0.25, -0.2) is 4.79 Å². The lowest BCUT2D eigenvalue weighted by Gasteiger charge is -2.07. The van der Waals surface area contributed by atoms with Gasteiger partial charge in [0.1, 0.15) is 0 Å². The van der Waals surface area contributed by atoms with E-state index >= 15 is 0 Å². The van der Waals surface area contributed by atoms with E-state index in [1.54, 1.807) is 0 Å². The highest BCUT2D eigenvalue weighted by molar-refractivity contribution is 5.87. The van der Waals surface area contributed by atoms with Gasteiger partial charge in [0.25, 0.3) is 0 Å². The van der Waals surface area contributed by atoms with Crippen LogP contribution in [0, 0.1) is 0 Å². The fourth-order valence-corrected chi connectivity index (χ4v) is 1.83. The molecule has 0 aromatic carbocycles. The van der Waals surface area contributed by atoms with Crippen molar-refractivity contribution in [2.45, 2.75) is 65.2 Å². The van der Waals surface area contributed by atoms with Crippen LogP contribution in [0.4, 0.5) is 0 Å². The Bertz CT molecular complexity index is 267. The summed E-state index contributed by atoms with van der Waals surface area (Å²) in [7, 11) is 1.40. The minimum Gasteiger partial charge on any atom is -0.466 e. The van der Waals surface area contributed by atoms with Crippen molar-refractivity contribution in [3.05, 3.63) is 23.8 Å². The predicted octanol–water partition coefficient (Wildman–Crippen LogP) is 4.80. The summed E-state index contributed by atoms with van der Waals surface area (Å²) in [4.78, 5) is 11.2.